The van der Waals surface area contributed by atoms with Crippen molar-refractivity contribution in [1.29, 1.82) is 0 Å². The lowest BCUT2D eigenvalue weighted by Crippen LogP contribution is -2.36. The topological polar surface area (TPSA) is 49.6 Å². The summed E-state index contributed by atoms with van der Waals surface area (Å²) in [4.78, 5) is 15.5. The number of nitrogen functional groups attached to an aromatic ring is 1. The van der Waals surface area contributed by atoms with Crippen LogP contribution in [0, 0.1) is 0 Å². The second kappa shape index (κ2) is 7.36. The van der Waals surface area contributed by atoms with Crippen molar-refractivity contribution >= 4 is 23.2 Å². The fourth-order valence-electron chi connectivity index (χ4n) is 1.81. The van der Waals surface area contributed by atoms with E-state index in [1.165, 1.54) is 0 Å². The summed E-state index contributed by atoms with van der Waals surface area (Å²) in [7, 11) is 3.54. The molecule has 0 aliphatic heterocycles. The molecule has 0 unspecified atom stereocenters. The van der Waals surface area contributed by atoms with Crippen LogP contribution in [0.3, 0.4) is 0 Å². The van der Waals surface area contributed by atoms with Gasteiger partial charge in [0.25, 0.3) is 0 Å². The van der Waals surface area contributed by atoms with Crippen LogP contribution in [-0.4, -0.2) is 42.9 Å². The predicted molar refractivity (Wildman–Crippen MR) is 80.1 cm³/mol. The molecule has 0 heterocycles. The van der Waals surface area contributed by atoms with Crippen LogP contribution in [0.4, 0.5) is 5.69 Å². The van der Waals surface area contributed by atoms with Gasteiger partial charge in [-0.25, -0.2) is 0 Å². The molecule has 5 heteroatoms. The zero-order valence-electron chi connectivity index (χ0n) is 11.8. The molecular formula is C14H22ClN3O. The predicted octanol–water partition coefficient (Wildman–Crippen LogP) is 2.22. The third kappa shape index (κ3) is 5.09. The summed E-state index contributed by atoms with van der Waals surface area (Å²) in [5.41, 5.74) is 7.44. The Hall–Kier alpha value is -1.26. The van der Waals surface area contributed by atoms with E-state index in [9.17, 15) is 4.79 Å². The molecule has 0 radical (unpaired) electrons. The van der Waals surface area contributed by atoms with Crippen LogP contribution in [0.2, 0.25) is 5.02 Å². The number of benzene rings is 1. The van der Waals surface area contributed by atoms with Crippen molar-refractivity contribution in [2.24, 2.45) is 0 Å². The number of hydrogen-bond donors (Lipinski definition) is 1. The average molecular weight is 284 g/mol. The van der Waals surface area contributed by atoms with Crippen molar-refractivity contribution in [2.75, 3.05) is 32.9 Å². The van der Waals surface area contributed by atoms with Crippen LogP contribution in [0.5, 0.6) is 0 Å². The molecule has 4 nitrogen and oxygen atoms in total. The van der Waals surface area contributed by atoms with Gasteiger partial charge in [-0.05, 0) is 30.7 Å². The number of rotatable bonds is 6. The fraction of sp³-hybridized carbons (Fsp3) is 0.500. The maximum Gasteiger partial charge on any atom is 0.236 e. The number of carbonyl (C=O) groups is 1. The Morgan fingerprint density at radius 2 is 2.05 bits per heavy atom. The second-order valence-electron chi connectivity index (χ2n) is 4.85. The zero-order valence-corrected chi connectivity index (χ0v) is 12.6. The minimum absolute atomic E-state index is 0.107. The van der Waals surface area contributed by atoms with Crippen molar-refractivity contribution in [1.82, 2.24) is 9.80 Å². The standard InChI is InChI=1S/C14H22ClN3O/c1-4-7-18(10-14(19)17(2)3)9-11-5-6-12(15)13(16)8-11/h5-6,8H,4,7,9-10,16H2,1-3H3. The molecule has 2 N–H and O–H groups in total. The zero-order chi connectivity index (χ0) is 14.4. The van der Waals surface area contributed by atoms with Crippen molar-refractivity contribution in [3.05, 3.63) is 28.8 Å². The summed E-state index contributed by atoms with van der Waals surface area (Å²) in [5, 5.41) is 0.565. The summed E-state index contributed by atoms with van der Waals surface area (Å²) in [6, 6.07) is 5.61. The summed E-state index contributed by atoms with van der Waals surface area (Å²) >= 11 is 5.90. The van der Waals surface area contributed by atoms with Crippen LogP contribution in [0.25, 0.3) is 0 Å². The van der Waals surface area contributed by atoms with E-state index in [1.807, 2.05) is 12.1 Å². The maximum atomic E-state index is 11.8. The van der Waals surface area contributed by atoms with Crippen molar-refractivity contribution in [3.63, 3.8) is 0 Å². The highest BCUT2D eigenvalue weighted by Crippen LogP contribution is 2.20. The highest BCUT2D eigenvalue weighted by atomic mass is 35.5. The Balaban J connectivity index is 2.71. The van der Waals surface area contributed by atoms with Crippen LogP contribution in [0.1, 0.15) is 18.9 Å². The van der Waals surface area contributed by atoms with E-state index in [0.29, 0.717) is 23.8 Å². The first-order valence-electron chi connectivity index (χ1n) is 6.40. The molecule has 1 amide bonds. The summed E-state index contributed by atoms with van der Waals surface area (Å²) in [6.07, 6.45) is 1.00. The van der Waals surface area contributed by atoms with E-state index in [1.54, 1.807) is 25.1 Å². The summed E-state index contributed by atoms with van der Waals surface area (Å²) < 4.78 is 0. The minimum Gasteiger partial charge on any atom is -0.398 e. The molecule has 19 heavy (non-hydrogen) atoms. The van der Waals surface area contributed by atoms with Gasteiger partial charge < -0.3 is 10.6 Å². The lowest BCUT2D eigenvalue weighted by molar-refractivity contribution is -0.130. The Labute approximate surface area is 120 Å². The second-order valence-corrected chi connectivity index (χ2v) is 5.26. The first-order valence-corrected chi connectivity index (χ1v) is 6.78. The smallest absolute Gasteiger partial charge is 0.236 e. The monoisotopic (exact) mass is 283 g/mol. The van der Waals surface area contributed by atoms with Gasteiger partial charge in [0, 0.05) is 20.6 Å². The first-order chi connectivity index (χ1) is 8.93. The molecule has 1 aromatic rings. The Morgan fingerprint density at radius 1 is 1.37 bits per heavy atom. The molecule has 0 atom stereocenters. The molecule has 0 aliphatic carbocycles. The Bertz CT molecular complexity index is 435. The molecule has 106 valence electrons. The van der Waals surface area contributed by atoms with Crippen molar-refractivity contribution in [2.45, 2.75) is 19.9 Å². The van der Waals surface area contributed by atoms with Crippen LogP contribution >= 0.6 is 11.6 Å². The third-order valence-electron chi connectivity index (χ3n) is 2.86. The third-order valence-corrected chi connectivity index (χ3v) is 3.21. The molecular weight excluding hydrogens is 262 g/mol. The van der Waals surface area contributed by atoms with Gasteiger partial charge in [0.05, 0.1) is 17.3 Å². The molecule has 1 aromatic carbocycles. The molecule has 0 fully saturated rings. The lowest BCUT2D eigenvalue weighted by atomic mass is 10.2. The van der Waals surface area contributed by atoms with Gasteiger partial charge in [0.2, 0.25) is 5.91 Å². The van der Waals surface area contributed by atoms with Crippen LogP contribution in [0.15, 0.2) is 18.2 Å². The van der Waals surface area contributed by atoms with E-state index >= 15 is 0 Å². The molecule has 1 rings (SSSR count). The number of nitrogens with zero attached hydrogens (tertiary/aromatic N) is 2. The normalized spacial score (nSPS) is 10.8. The van der Waals surface area contributed by atoms with E-state index in [-0.39, 0.29) is 5.91 Å². The van der Waals surface area contributed by atoms with Gasteiger partial charge in [-0.1, -0.05) is 24.6 Å². The van der Waals surface area contributed by atoms with E-state index in [4.69, 9.17) is 17.3 Å². The average Bonchev–Trinajstić information content (AvgIpc) is 2.34. The number of likely N-dealkylation sites (N-methyl/N-ethyl adjacent to an activating group) is 1. The fourth-order valence-corrected chi connectivity index (χ4v) is 1.93. The quantitative estimate of drug-likeness (QED) is 0.815. The highest BCUT2D eigenvalue weighted by molar-refractivity contribution is 6.33. The van der Waals surface area contributed by atoms with E-state index in [2.05, 4.69) is 11.8 Å². The maximum absolute atomic E-state index is 11.8. The SMILES string of the molecule is CCCN(CC(=O)N(C)C)Cc1ccc(Cl)c(N)c1. The van der Waals surface area contributed by atoms with Gasteiger partial charge in [0.15, 0.2) is 0 Å². The molecule has 0 aliphatic rings. The largest absolute Gasteiger partial charge is 0.398 e. The summed E-state index contributed by atoms with van der Waals surface area (Å²) in [5.74, 6) is 0.107. The Morgan fingerprint density at radius 3 is 2.58 bits per heavy atom. The number of hydrogen-bond acceptors (Lipinski definition) is 3. The lowest BCUT2D eigenvalue weighted by Gasteiger charge is -2.23. The molecule has 0 bridgehead atoms. The van der Waals surface area contributed by atoms with Gasteiger partial charge in [-0.3, -0.25) is 9.69 Å². The summed E-state index contributed by atoms with van der Waals surface area (Å²) in [6.45, 7) is 4.10. The van der Waals surface area contributed by atoms with Crippen molar-refractivity contribution < 1.29 is 4.79 Å². The Kier molecular flexibility index (Phi) is 6.12. The van der Waals surface area contributed by atoms with Crippen LogP contribution in [-0.2, 0) is 11.3 Å². The van der Waals surface area contributed by atoms with E-state index < -0.39 is 0 Å². The van der Waals surface area contributed by atoms with Gasteiger partial charge in [0.1, 0.15) is 0 Å². The number of anilines is 1. The number of nitrogens with two attached hydrogens (primary N) is 1. The van der Waals surface area contributed by atoms with Crippen molar-refractivity contribution in [3.8, 4) is 0 Å². The van der Waals surface area contributed by atoms with Gasteiger partial charge >= 0.3 is 0 Å². The van der Waals surface area contributed by atoms with E-state index in [0.717, 1.165) is 18.5 Å². The molecule has 0 saturated carbocycles. The number of amides is 1. The first kappa shape index (κ1) is 15.8. The number of carbonyl (C=O) groups excluding carboxylic acids is 1. The molecule has 0 saturated heterocycles. The number of halogens is 1. The highest BCUT2D eigenvalue weighted by Gasteiger charge is 2.12. The van der Waals surface area contributed by atoms with Gasteiger partial charge in [-0.15, -0.1) is 0 Å². The molecule has 0 spiro atoms. The van der Waals surface area contributed by atoms with Crippen LogP contribution < -0.4 is 5.73 Å². The van der Waals surface area contributed by atoms with Gasteiger partial charge in [-0.2, -0.15) is 0 Å². The molecule has 0 aromatic heterocycles. The minimum atomic E-state index is 0.107.